The first-order valence-electron chi connectivity index (χ1n) is 6.14. The molecule has 1 heterocycles. The molecule has 0 aliphatic rings. The van der Waals surface area contributed by atoms with Gasteiger partial charge in [0.1, 0.15) is 0 Å². The second kappa shape index (κ2) is 6.76. The van der Waals surface area contributed by atoms with Crippen LogP contribution in [0.2, 0.25) is 5.02 Å². The topological polar surface area (TPSA) is 68.0 Å². The Kier molecular flexibility index (Phi) is 5.03. The van der Waals surface area contributed by atoms with Crippen molar-refractivity contribution in [1.82, 2.24) is 15.5 Å². The maximum Gasteiger partial charge on any atom is 0.277 e. The van der Waals surface area contributed by atoms with Gasteiger partial charge in [-0.2, -0.15) is 0 Å². The lowest BCUT2D eigenvalue weighted by atomic mass is 10.2. The summed E-state index contributed by atoms with van der Waals surface area (Å²) in [5.74, 6) is 0.357. The molecule has 5 nitrogen and oxygen atoms in total. The molecule has 0 aliphatic carbocycles. The first kappa shape index (κ1) is 14.9. The van der Waals surface area contributed by atoms with E-state index >= 15 is 0 Å². The van der Waals surface area contributed by atoms with Gasteiger partial charge in [-0.15, -0.1) is 10.2 Å². The Morgan fingerprint density at radius 1 is 1.40 bits per heavy atom. The Morgan fingerprint density at radius 3 is 2.75 bits per heavy atom. The quantitative estimate of drug-likeness (QED) is 0.860. The monoisotopic (exact) mass is 311 g/mol. The molecule has 0 bridgehead atoms. The highest BCUT2D eigenvalue weighted by molar-refractivity contribution is 8.00. The number of hydrogen-bond acceptors (Lipinski definition) is 5. The number of carbonyl (C=O) groups excluding carboxylic acids is 1. The van der Waals surface area contributed by atoms with Gasteiger partial charge in [0, 0.05) is 17.1 Å². The molecule has 0 spiro atoms. The maximum absolute atomic E-state index is 11.6. The Labute approximate surface area is 126 Å². The van der Waals surface area contributed by atoms with Gasteiger partial charge < -0.3 is 9.73 Å². The van der Waals surface area contributed by atoms with E-state index in [1.165, 1.54) is 11.8 Å². The minimum atomic E-state index is -0.284. The van der Waals surface area contributed by atoms with Crippen molar-refractivity contribution >= 4 is 29.3 Å². The van der Waals surface area contributed by atoms with Crippen molar-refractivity contribution in [2.45, 2.75) is 24.3 Å². The van der Waals surface area contributed by atoms with Gasteiger partial charge in [-0.05, 0) is 38.1 Å². The first-order chi connectivity index (χ1) is 9.60. The Morgan fingerprint density at radius 2 is 2.10 bits per heavy atom. The van der Waals surface area contributed by atoms with Crippen LogP contribution in [0.1, 0.15) is 13.8 Å². The van der Waals surface area contributed by atoms with Gasteiger partial charge in [0.2, 0.25) is 11.8 Å². The lowest BCUT2D eigenvalue weighted by molar-refractivity contribution is -0.120. The van der Waals surface area contributed by atoms with Crippen molar-refractivity contribution in [2.24, 2.45) is 0 Å². The summed E-state index contributed by atoms with van der Waals surface area (Å²) in [4.78, 5) is 11.6. The lowest BCUT2D eigenvalue weighted by Gasteiger charge is -2.07. The highest BCUT2D eigenvalue weighted by Crippen LogP contribution is 2.26. The fraction of sp³-hybridized carbons (Fsp3) is 0.308. The highest BCUT2D eigenvalue weighted by atomic mass is 35.5. The lowest BCUT2D eigenvalue weighted by Crippen LogP contribution is -2.30. The van der Waals surface area contributed by atoms with Crippen LogP contribution < -0.4 is 5.32 Å². The van der Waals surface area contributed by atoms with Crippen molar-refractivity contribution < 1.29 is 9.21 Å². The summed E-state index contributed by atoms with van der Waals surface area (Å²) in [5.41, 5.74) is 0.791. The SMILES string of the molecule is CCNC(=O)[C@H](C)Sc1nnc(-c2ccc(Cl)cc2)o1. The molecule has 106 valence electrons. The Bertz CT molecular complexity index is 586. The highest BCUT2D eigenvalue weighted by Gasteiger charge is 2.17. The van der Waals surface area contributed by atoms with E-state index in [9.17, 15) is 4.79 Å². The molecule has 1 aromatic carbocycles. The van der Waals surface area contributed by atoms with Crippen molar-refractivity contribution in [1.29, 1.82) is 0 Å². The van der Waals surface area contributed by atoms with Crippen LogP contribution >= 0.6 is 23.4 Å². The Hall–Kier alpha value is -1.53. The third-order valence-corrected chi connectivity index (χ3v) is 3.68. The molecule has 0 saturated carbocycles. The van der Waals surface area contributed by atoms with Gasteiger partial charge in [-0.1, -0.05) is 23.4 Å². The van der Waals surface area contributed by atoms with Crippen LogP contribution in [0.5, 0.6) is 0 Å². The number of rotatable bonds is 5. The van der Waals surface area contributed by atoms with Gasteiger partial charge in [0.05, 0.1) is 5.25 Å². The van der Waals surface area contributed by atoms with E-state index in [0.717, 1.165) is 5.56 Å². The van der Waals surface area contributed by atoms with E-state index < -0.39 is 0 Å². The first-order valence-corrected chi connectivity index (χ1v) is 7.39. The average molecular weight is 312 g/mol. The average Bonchev–Trinajstić information content (AvgIpc) is 2.88. The summed E-state index contributed by atoms with van der Waals surface area (Å²) in [6.45, 7) is 4.27. The Balaban J connectivity index is 2.05. The number of hydrogen-bond donors (Lipinski definition) is 1. The van der Waals surface area contributed by atoms with Crippen molar-refractivity contribution in [3.63, 3.8) is 0 Å². The fourth-order valence-corrected chi connectivity index (χ4v) is 2.32. The van der Waals surface area contributed by atoms with Crippen molar-refractivity contribution in [2.75, 3.05) is 6.54 Å². The number of nitrogens with one attached hydrogen (secondary N) is 1. The zero-order valence-electron chi connectivity index (χ0n) is 11.1. The van der Waals surface area contributed by atoms with E-state index in [1.54, 1.807) is 31.2 Å². The molecule has 0 radical (unpaired) electrons. The van der Waals surface area contributed by atoms with Crippen LogP contribution in [0.25, 0.3) is 11.5 Å². The van der Waals surface area contributed by atoms with Gasteiger partial charge >= 0.3 is 0 Å². The standard InChI is InChI=1S/C13H14ClN3O2S/c1-3-15-11(18)8(2)20-13-17-16-12(19-13)9-4-6-10(14)7-5-9/h4-8H,3H2,1-2H3,(H,15,18)/t8-/m0/s1. The van der Waals surface area contributed by atoms with Crippen LogP contribution in [-0.4, -0.2) is 27.9 Å². The third kappa shape index (κ3) is 3.74. The van der Waals surface area contributed by atoms with E-state index in [2.05, 4.69) is 15.5 Å². The van der Waals surface area contributed by atoms with Gasteiger partial charge in [0.25, 0.3) is 5.22 Å². The van der Waals surface area contributed by atoms with E-state index in [-0.39, 0.29) is 11.2 Å². The zero-order chi connectivity index (χ0) is 14.5. The smallest absolute Gasteiger partial charge is 0.277 e. The zero-order valence-corrected chi connectivity index (χ0v) is 12.7. The number of benzene rings is 1. The molecular weight excluding hydrogens is 298 g/mol. The number of nitrogens with zero attached hydrogens (tertiary/aromatic N) is 2. The normalized spacial score (nSPS) is 12.2. The molecule has 20 heavy (non-hydrogen) atoms. The summed E-state index contributed by atoms with van der Waals surface area (Å²) >= 11 is 7.05. The van der Waals surface area contributed by atoms with Crippen molar-refractivity contribution in [3.8, 4) is 11.5 Å². The van der Waals surface area contributed by atoms with Crippen LogP contribution in [0, 0.1) is 0 Å². The summed E-state index contributed by atoms with van der Waals surface area (Å²) < 4.78 is 5.53. The van der Waals surface area contributed by atoms with Crippen LogP contribution in [0.15, 0.2) is 33.9 Å². The van der Waals surface area contributed by atoms with E-state index in [0.29, 0.717) is 22.7 Å². The summed E-state index contributed by atoms with van der Waals surface area (Å²) in [7, 11) is 0. The minimum Gasteiger partial charge on any atom is -0.411 e. The fourth-order valence-electron chi connectivity index (χ4n) is 1.49. The van der Waals surface area contributed by atoms with E-state index in [4.69, 9.17) is 16.0 Å². The number of halogens is 1. The molecule has 0 aliphatic heterocycles. The predicted molar refractivity (Wildman–Crippen MR) is 78.7 cm³/mol. The van der Waals surface area contributed by atoms with Gasteiger partial charge in [0.15, 0.2) is 0 Å². The van der Waals surface area contributed by atoms with Crippen LogP contribution in [-0.2, 0) is 4.79 Å². The summed E-state index contributed by atoms with van der Waals surface area (Å²) in [5, 5.41) is 11.4. The maximum atomic E-state index is 11.6. The molecule has 1 atom stereocenters. The molecule has 1 amide bonds. The van der Waals surface area contributed by atoms with E-state index in [1.807, 2.05) is 6.92 Å². The number of carbonyl (C=O) groups is 1. The number of amides is 1. The van der Waals surface area contributed by atoms with Crippen molar-refractivity contribution in [3.05, 3.63) is 29.3 Å². The molecule has 1 aromatic heterocycles. The largest absolute Gasteiger partial charge is 0.411 e. The number of aromatic nitrogens is 2. The minimum absolute atomic E-state index is 0.0521. The summed E-state index contributed by atoms with van der Waals surface area (Å²) in [6, 6.07) is 7.12. The van der Waals surface area contributed by atoms with Crippen LogP contribution in [0.4, 0.5) is 0 Å². The molecule has 2 aromatic rings. The molecular formula is C13H14ClN3O2S. The second-order valence-electron chi connectivity index (χ2n) is 4.03. The van der Waals surface area contributed by atoms with Crippen LogP contribution in [0.3, 0.4) is 0 Å². The summed E-state index contributed by atoms with van der Waals surface area (Å²) in [6.07, 6.45) is 0. The number of thioether (sulfide) groups is 1. The molecule has 2 rings (SSSR count). The second-order valence-corrected chi connectivity index (χ2v) is 5.76. The van der Waals surface area contributed by atoms with Gasteiger partial charge in [-0.3, -0.25) is 4.79 Å². The molecule has 0 saturated heterocycles. The molecule has 1 N–H and O–H groups in total. The predicted octanol–water partition coefficient (Wildman–Crippen LogP) is 3.01. The molecule has 0 unspecified atom stereocenters. The van der Waals surface area contributed by atoms with Gasteiger partial charge in [-0.25, -0.2) is 0 Å². The molecule has 0 fully saturated rings. The third-order valence-electron chi connectivity index (χ3n) is 2.50. The molecule has 7 heteroatoms.